The first kappa shape index (κ1) is 15.3. The fourth-order valence-electron chi connectivity index (χ4n) is 3.09. The lowest BCUT2D eigenvalue weighted by Gasteiger charge is -2.06. The normalized spacial score (nSPS) is 11.1. The van der Waals surface area contributed by atoms with Gasteiger partial charge in [0, 0.05) is 30.2 Å². The summed E-state index contributed by atoms with van der Waals surface area (Å²) >= 11 is 0. The number of para-hydroxylation sites is 1. The number of hydrogen-bond acceptors (Lipinski definition) is 2. The molecular formula is C18H22N4O. The van der Waals surface area contributed by atoms with Gasteiger partial charge in [-0.3, -0.25) is 9.48 Å². The number of H-pyrrole nitrogens is 1. The third kappa shape index (κ3) is 2.86. The van der Waals surface area contributed by atoms with Gasteiger partial charge in [-0.15, -0.1) is 0 Å². The maximum Gasteiger partial charge on any atom is 0.269 e. The zero-order chi connectivity index (χ0) is 16.6. The summed E-state index contributed by atoms with van der Waals surface area (Å²) in [5, 5.41) is 8.43. The molecule has 0 aliphatic carbocycles. The number of nitrogens with one attached hydrogen (secondary N) is 2. The summed E-state index contributed by atoms with van der Waals surface area (Å²) in [5.41, 5.74) is 6.31. The van der Waals surface area contributed by atoms with E-state index in [2.05, 4.69) is 47.4 Å². The van der Waals surface area contributed by atoms with Gasteiger partial charge in [-0.25, -0.2) is 0 Å². The molecule has 1 amide bonds. The quantitative estimate of drug-likeness (QED) is 0.778. The third-order valence-corrected chi connectivity index (χ3v) is 4.26. The molecule has 0 aliphatic rings. The van der Waals surface area contributed by atoms with Crippen LogP contribution in [-0.2, 0) is 13.5 Å². The third-order valence-electron chi connectivity index (χ3n) is 4.26. The fourth-order valence-corrected chi connectivity index (χ4v) is 3.09. The number of aryl methyl sites for hydroxylation is 4. The number of nitrogens with zero attached hydrogens (tertiary/aromatic N) is 2. The molecule has 23 heavy (non-hydrogen) atoms. The SMILES string of the molecule is Cc1cc(C(=O)NCCc2c(C)[nH]c3c(C)cccc23)n(C)n1. The van der Waals surface area contributed by atoms with Crippen LogP contribution in [0.15, 0.2) is 24.3 Å². The Balaban J connectivity index is 1.72. The van der Waals surface area contributed by atoms with Gasteiger partial charge in [0.25, 0.3) is 5.91 Å². The van der Waals surface area contributed by atoms with Crippen molar-refractivity contribution in [3.63, 3.8) is 0 Å². The Hall–Kier alpha value is -2.56. The Kier molecular flexibility index (Phi) is 3.94. The van der Waals surface area contributed by atoms with Crippen molar-refractivity contribution in [1.29, 1.82) is 0 Å². The van der Waals surface area contributed by atoms with Crippen LogP contribution < -0.4 is 5.32 Å². The largest absolute Gasteiger partial charge is 0.358 e. The highest BCUT2D eigenvalue weighted by Gasteiger charge is 2.13. The first-order chi connectivity index (χ1) is 11.0. The van der Waals surface area contributed by atoms with E-state index in [0.717, 1.165) is 12.1 Å². The van der Waals surface area contributed by atoms with Gasteiger partial charge in [-0.1, -0.05) is 18.2 Å². The molecule has 1 aromatic carbocycles. The standard InChI is InChI=1S/C18H22N4O/c1-11-6-5-7-15-14(13(3)20-17(11)15)8-9-19-18(23)16-10-12(2)21-22(16)4/h5-7,10,20H,8-9H2,1-4H3,(H,19,23). The van der Waals surface area contributed by atoms with Gasteiger partial charge in [0.15, 0.2) is 0 Å². The number of rotatable bonds is 4. The van der Waals surface area contributed by atoms with E-state index in [1.54, 1.807) is 17.8 Å². The Morgan fingerprint density at radius 1 is 1.30 bits per heavy atom. The van der Waals surface area contributed by atoms with E-state index in [-0.39, 0.29) is 5.91 Å². The molecule has 5 nitrogen and oxygen atoms in total. The van der Waals surface area contributed by atoms with E-state index in [1.807, 2.05) is 6.92 Å². The molecule has 2 aromatic heterocycles. The van der Waals surface area contributed by atoms with Gasteiger partial charge >= 0.3 is 0 Å². The molecule has 0 unspecified atom stereocenters. The zero-order valence-electron chi connectivity index (χ0n) is 14.0. The van der Waals surface area contributed by atoms with Crippen LogP contribution in [0.2, 0.25) is 0 Å². The summed E-state index contributed by atoms with van der Waals surface area (Å²) in [6, 6.07) is 8.11. The van der Waals surface area contributed by atoms with Gasteiger partial charge in [0.2, 0.25) is 0 Å². The number of carbonyl (C=O) groups is 1. The molecule has 0 aliphatic heterocycles. The van der Waals surface area contributed by atoms with Crippen molar-refractivity contribution in [3.05, 3.63) is 52.5 Å². The maximum atomic E-state index is 12.2. The number of amides is 1. The molecular weight excluding hydrogens is 288 g/mol. The molecule has 3 rings (SSSR count). The van der Waals surface area contributed by atoms with Crippen molar-refractivity contribution in [2.45, 2.75) is 27.2 Å². The van der Waals surface area contributed by atoms with Crippen molar-refractivity contribution in [3.8, 4) is 0 Å². The number of hydrogen-bond donors (Lipinski definition) is 2. The molecule has 0 atom stereocenters. The zero-order valence-corrected chi connectivity index (χ0v) is 14.0. The lowest BCUT2D eigenvalue weighted by atomic mass is 10.1. The number of carbonyl (C=O) groups excluding carboxylic acids is 1. The van der Waals surface area contributed by atoms with Crippen LogP contribution in [0.25, 0.3) is 10.9 Å². The molecule has 0 spiro atoms. The smallest absolute Gasteiger partial charge is 0.269 e. The average Bonchev–Trinajstić information content (AvgIpc) is 3.00. The highest BCUT2D eigenvalue weighted by molar-refractivity contribution is 5.92. The Bertz CT molecular complexity index is 873. The van der Waals surface area contributed by atoms with Crippen molar-refractivity contribution in [2.75, 3.05) is 6.54 Å². The summed E-state index contributed by atoms with van der Waals surface area (Å²) < 4.78 is 1.62. The van der Waals surface area contributed by atoms with E-state index in [1.165, 1.54) is 27.7 Å². The van der Waals surface area contributed by atoms with Gasteiger partial charge in [0.05, 0.1) is 5.69 Å². The van der Waals surface area contributed by atoms with Crippen molar-refractivity contribution in [1.82, 2.24) is 20.1 Å². The maximum absolute atomic E-state index is 12.2. The number of benzene rings is 1. The van der Waals surface area contributed by atoms with E-state index in [4.69, 9.17) is 0 Å². The minimum Gasteiger partial charge on any atom is -0.358 e. The second-order valence-electron chi connectivity index (χ2n) is 6.03. The minimum absolute atomic E-state index is 0.0817. The number of aromatic amines is 1. The molecule has 2 N–H and O–H groups in total. The second kappa shape index (κ2) is 5.91. The number of fused-ring (bicyclic) bond motifs is 1. The predicted octanol–water partition coefficient (Wildman–Crippen LogP) is 2.80. The topological polar surface area (TPSA) is 62.7 Å². The summed E-state index contributed by atoms with van der Waals surface area (Å²) in [6.07, 6.45) is 0.803. The molecule has 0 fully saturated rings. The molecule has 5 heteroatoms. The average molecular weight is 310 g/mol. The van der Waals surface area contributed by atoms with Crippen LogP contribution in [0, 0.1) is 20.8 Å². The van der Waals surface area contributed by atoms with Crippen LogP contribution in [-0.4, -0.2) is 27.2 Å². The summed E-state index contributed by atoms with van der Waals surface area (Å²) in [4.78, 5) is 15.7. The van der Waals surface area contributed by atoms with E-state index in [9.17, 15) is 4.79 Å². The molecule has 2 heterocycles. The van der Waals surface area contributed by atoms with E-state index >= 15 is 0 Å². The molecule has 120 valence electrons. The van der Waals surface area contributed by atoms with E-state index < -0.39 is 0 Å². The Morgan fingerprint density at radius 2 is 2.09 bits per heavy atom. The van der Waals surface area contributed by atoms with Crippen molar-refractivity contribution < 1.29 is 4.79 Å². The first-order valence-corrected chi connectivity index (χ1v) is 7.83. The molecule has 0 saturated carbocycles. The van der Waals surface area contributed by atoms with Crippen LogP contribution in [0.5, 0.6) is 0 Å². The Labute approximate surface area is 135 Å². The number of aromatic nitrogens is 3. The summed E-state index contributed by atoms with van der Waals surface area (Å²) in [6.45, 7) is 6.68. The van der Waals surface area contributed by atoms with Crippen LogP contribution in [0.4, 0.5) is 0 Å². The lowest BCUT2D eigenvalue weighted by Crippen LogP contribution is -2.27. The van der Waals surface area contributed by atoms with Crippen molar-refractivity contribution in [2.24, 2.45) is 7.05 Å². The first-order valence-electron chi connectivity index (χ1n) is 7.83. The molecule has 0 bridgehead atoms. The lowest BCUT2D eigenvalue weighted by molar-refractivity contribution is 0.0944. The molecule has 3 aromatic rings. The molecule has 0 saturated heterocycles. The Morgan fingerprint density at radius 3 is 2.78 bits per heavy atom. The minimum atomic E-state index is -0.0817. The highest BCUT2D eigenvalue weighted by Crippen LogP contribution is 2.24. The summed E-state index contributed by atoms with van der Waals surface area (Å²) in [5.74, 6) is -0.0817. The highest BCUT2D eigenvalue weighted by atomic mass is 16.2. The van der Waals surface area contributed by atoms with Crippen LogP contribution >= 0.6 is 0 Å². The summed E-state index contributed by atoms with van der Waals surface area (Å²) in [7, 11) is 1.79. The second-order valence-corrected chi connectivity index (χ2v) is 6.03. The van der Waals surface area contributed by atoms with Gasteiger partial charge in [-0.05, 0) is 44.4 Å². The molecule has 0 radical (unpaired) electrons. The van der Waals surface area contributed by atoms with E-state index in [0.29, 0.717) is 12.2 Å². The van der Waals surface area contributed by atoms with Gasteiger partial charge < -0.3 is 10.3 Å². The van der Waals surface area contributed by atoms with Crippen LogP contribution in [0.3, 0.4) is 0 Å². The van der Waals surface area contributed by atoms with Crippen molar-refractivity contribution >= 4 is 16.8 Å². The van der Waals surface area contributed by atoms with Gasteiger partial charge in [0.1, 0.15) is 5.69 Å². The van der Waals surface area contributed by atoms with Gasteiger partial charge in [-0.2, -0.15) is 5.10 Å². The predicted molar refractivity (Wildman–Crippen MR) is 91.8 cm³/mol. The van der Waals surface area contributed by atoms with Crippen LogP contribution in [0.1, 0.15) is 33.0 Å². The fraction of sp³-hybridized carbons (Fsp3) is 0.333. The monoisotopic (exact) mass is 310 g/mol.